The fourth-order valence-corrected chi connectivity index (χ4v) is 7.28. The molecule has 0 bridgehead atoms. The molecule has 1 atom stereocenters. The standard InChI is InChI=1S/C49H94O6/c1-6-7-8-9-22-29-34-39-47(50)53-42-46(43-54-48(51)40-35-30-25-21-17-19-24-28-33-38-45(4)5)55-49(52)41-36-31-26-20-16-14-12-10-11-13-15-18-23-27-32-37-44(2)3/h44-46H,6-43H2,1-5H3/t46-/m0/s1. The van der Waals surface area contributed by atoms with Crippen LogP contribution >= 0.6 is 0 Å². The van der Waals surface area contributed by atoms with E-state index in [4.69, 9.17) is 14.2 Å². The molecule has 0 unspecified atom stereocenters. The Hall–Kier alpha value is -1.59. The lowest BCUT2D eigenvalue weighted by atomic mass is 10.0. The van der Waals surface area contributed by atoms with E-state index < -0.39 is 6.10 Å². The molecule has 0 aliphatic heterocycles. The number of hydrogen-bond acceptors (Lipinski definition) is 6. The van der Waals surface area contributed by atoms with Gasteiger partial charge in [-0.1, -0.05) is 227 Å². The third-order valence-corrected chi connectivity index (χ3v) is 11.0. The summed E-state index contributed by atoms with van der Waals surface area (Å²) in [5.74, 6) is 0.797. The van der Waals surface area contributed by atoms with Gasteiger partial charge in [0.1, 0.15) is 13.2 Å². The predicted molar refractivity (Wildman–Crippen MR) is 233 cm³/mol. The second-order valence-electron chi connectivity index (χ2n) is 17.7. The number of ether oxygens (including phenoxy) is 3. The molecule has 0 aliphatic rings. The van der Waals surface area contributed by atoms with Gasteiger partial charge in [-0.3, -0.25) is 14.4 Å². The Labute approximate surface area is 342 Å². The largest absolute Gasteiger partial charge is 0.462 e. The van der Waals surface area contributed by atoms with Gasteiger partial charge < -0.3 is 14.2 Å². The average molecular weight is 779 g/mol. The smallest absolute Gasteiger partial charge is 0.306 e. The number of hydrogen-bond donors (Lipinski definition) is 0. The zero-order chi connectivity index (χ0) is 40.5. The maximum absolute atomic E-state index is 12.7. The van der Waals surface area contributed by atoms with E-state index in [1.165, 1.54) is 154 Å². The minimum absolute atomic E-state index is 0.0649. The van der Waals surface area contributed by atoms with Gasteiger partial charge in [-0.2, -0.15) is 0 Å². The highest BCUT2D eigenvalue weighted by atomic mass is 16.6. The highest BCUT2D eigenvalue weighted by Gasteiger charge is 2.19. The first-order chi connectivity index (χ1) is 26.7. The molecule has 0 aromatic heterocycles. The zero-order valence-corrected chi connectivity index (χ0v) is 37.6. The van der Waals surface area contributed by atoms with E-state index in [0.29, 0.717) is 19.3 Å². The molecule has 0 heterocycles. The number of carbonyl (C=O) groups excluding carboxylic acids is 3. The molecule has 0 radical (unpaired) electrons. The van der Waals surface area contributed by atoms with Crippen molar-refractivity contribution in [3.05, 3.63) is 0 Å². The first-order valence-electron chi connectivity index (χ1n) is 24.2. The predicted octanol–water partition coefficient (Wildman–Crippen LogP) is 15.4. The molecular formula is C49H94O6. The van der Waals surface area contributed by atoms with Crippen LogP contribution in [0.1, 0.15) is 266 Å². The summed E-state index contributed by atoms with van der Waals surface area (Å²) in [7, 11) is 0. The van der Waals surface area contributed by atoms with E-state index >= 15 is 0 Å². The van der Waals surface area contributed by atoms with Crippen molar-refractivity contribution < 1.29 is 28.6 Å². The van der Waals surface area contributed by atoms with E-state index in [0.717, 1.165) is 69.6 Å². The van der Waals surface area contributed by atoms with Gasteiger partial charge in [0.05, 0.1) is 0 Å². The van der Waals surface area contributed by atoms with Gasteiger partial charge in [-0.15, -0.1) is 0 Å². The summed E-state index contributed by atoms with van der Waals surface area (Å²) >= 11 is 0. The van der Waals surface area contributed by atoms with Gasteiger partial charge in [-0.25, -0.2) is 0 Å². The van der Waals surface area contributed by atoms with Crippen LogP contribution in [-0.4, -0.2) is 37.2 Å². The van der Waals surface area contributed by atoms with E-state index in [1.807, 2.05) is 0 Å². The lowest BCUT2D eigenvalue weighted by Crippen LogP contribution is -2.30. The molecule has 0 spiro atoms. The fraction of sp³-hybridized carbons (Fsp3) is 0.939. The Morgan fingerprint density at radius 3 is 0.891 bits per heavy atom. The Kier molecular flexibility index (Phi) is 40.8. The van der Waals surface area contributed by atoms with E-state index in [1.54, 1.807) is 0 Å². The van der Waals surface area contributed by atoms with Crippen molar-refractivity contribution in [1.29, 1.82) is 0 Å². The van der Waals surface area contributed by atoms with E-state index in [9.17, 15) is 14.4 Å². The second kappa shape index (κ2) is 42.0. The molecule has 0 fully saturated rings. The van der Waals surface area contributed by atoms with Gasteiger partial charge in [0, 0.05) is 19.3 Å². The fourth-order valence-electron chi connectivity index (χ4n) is 7.28. The van der Waals surface area contributed by atoms with Gasteiger partial charge in [0.15, 0.2) is 6.10 Å². The van der Waals surface area contributed by atoms with Crippen LogP contribution in [0.15, 0.2) is 0 Å². The van der Waals surface area contributed by atoms with Crippen molar-refractivity contribution in [3.8, 4) is 0 Å². The van der Waals surface area contributed by atoms with E-state index in [2.05, 4.69) is 34.6 Å². The molecule has 0 N–H and O–H groups in total. The monoisotopic (exact) mass is 779 g/mol. The molecular weight excluding hydrogens is 685 g/mol. The highest BCUT2D eigenvalue weighted by molar-refractivity contribution is 5.71. The summed E-state index contributed by atoms with van der Waals surface area (Å²) in [6.07, 6.45) is 41.0. The lowest BCUT2D eigenvalue weighted by molar-refractivity contribution is -0.167. The van der Waals surface area contributed by atoms with Crippen molar-refractivity contribution in [2.24, 2.45) is 11.8 Å². The summed E-state index contributed by atoms with van der Waals surface area (Å²) in [5.41, 5.74) is 0. The molecule has 0 aromatic carbocycles. The maximum Gasteiger partial charge on any atom is 0.306 e. The molecule has 6 heteroatoms. The third kappa shape index (κ3) is 43.4. The third-order valence-electron chi connectivity index (χ3n) is 11.0. The number of esters is 3. The molecule has 0 amide bonds. The Balaban J connectivity index is 4.21. The first kappa shape index (κ1) is 53.4. The molecule has 0 rings (SSSR count). The van der Waals surface area contributed by atoms with Crippen LogP contribution in [0.5, 0.6) is 0 Å². The molecule has 0 saturated heterocycles. The van der Waals surface area contributed by atoms with Crippen LogP contribution in [0.3, 0.4) is 0 Å². The van der Waals surface area contributed by atoms with Gasteiger partial charge in [0.25, 0.3) is 0 Å². The van der Waals surface area contributed by atoms with Crippen LogP contribution < -0.4 is 0 Å². The maximum atomic E-state index is 12.7. The van der Waals surface area contributed by atoms with Crippen LogP contribution in [0, 0.1) is 11.8 Å². The normalized spacial score (nSPS) is 12.1. The highest BCUT2D eigenvalue weighted by Crippen LogP contribution is 2.17. The minimum atomic E-state index is -0.760. The Morgan fingerprint density at radius 2 is 0.600 bits per heavy atom. The Bertz CT molecular complexity index is 839. The van der Waals surface area contributed by atoms with Crippen molar-refractivity contribution in [1.82, 2.24) is 0 Å². The molecule has 6 nitrogen and oxygen atoms in total. The summed E-state index contributed by atoms with van der Waals surface area (Å²) in [6, 6.07) is 0. The van der Waals surface area contributed by atoms with Crippen molar-refractivity contribution in [2.45, 2.75) is 272 Å². The minimum Gasteiger partial charge on any atom is -0.462 e. The summed E-state index contributed by atoms with van der Waals surface area (Å²) in [6.45, 7) is 11.3. The quantitative estimate of drug-likeness (QED) is 0.0348. The first-order valence-corrected chi connectivity index (χ1v) is 24.2. The summed E-state index contributed by atoms with van der Waals surface area (Å²) < 4.78 is 16.7. The van der Waals surface area contributed by atoms with Crippen LogP contribution in [-0.2, 0) is 28.6 Å². The topological polar surface area (TPSA) is 78.9 Å². The zero-order valence-electron chi connectivity index (χ0n) is 37.6. The summed E-state index contributed by atoms with van der Waals surface area (Å²) in [5, 5.41) is 0. The molecule has 0 saturated carbocycles. The van der Waals surface area contributed by atoms with E-state index in [-0.39, 0.29) is 31.1 Å². The van der Waals surface area contributed by atoms with Crippen LogP contribution in [0.4, 0.5) is 0 Å². The van der Waals surface area contributed by atoms with Gasteiger partial charge in [0.2, 0.25) is 0 Å². The van der Waals surface area contributed by atoms with Gasteiger partial charge in [-0.05, 0) is 31.1 Å². The van der Waals surface area contributed by atoms with Crippen molar-refractivity contribution in [2.75, 3.05) is 13.2 Å². The van der Waals surface area contributed by atoms with Crippen molar-refractivity contribution in [3.63, 3.8) is 0 Å². The summed E-state index contributed by atoms with van der Waals surface area (Å²) in [4.78, 5) is 37.7. The van der Waals surface area contributed by atoms with Gasteiger partial charge >= 0.3 is 17.9 Å². The Morgan fingerprint density at radius 1 is 0.345 bits per heavy atom. The molecule has 0 aliphatic carbocycles. The van der Waals surface area contributed by atoms with Crippen molar-refractivity contribution >= 4 is 17.9 Å². The average Bonchev–Trinajstić information content (AvgIpc) is 3.15. The molecule has 55 heavy (non-hydrogen) atoms. The van der Waals surface area contributed by atoms with Crippen LogP contribution in [0.2, 0.25) is 0 Å². The number of rotatable bonds is 43. The second-order valence-corrected chi connectivity index (χ2v) is 17.7. The number of carbonyl (C=O) groups is 3. The lowest BCUT2D eigenvalue weighted by Gasteiger charge is -2.18. The van der Waals surface area contributed by atoms with Crippen LogP contribution in [0.25, 0.3) is 0 Å². The molecule has 326 valence electrons. The SMILES string of the molecule is CCCCCCCCCC(=O)OC[C@@H](COC(=O)CCCCCCCCCCCC(C)C)OC(=O)CCCCCCCCCCCCCCCCCC(C)C. The molecule has 0 aromatic rings. The number of unbranched alkanes of at least 4 members (excludes halogenated alkanes) is 28.